The van der Waals surface area contributed by atoms with Gasteiger partial charge in [-0.15, -0.1) is 0 Å². The molecule has 0 spiro atoms. The highest BCUT2D eigenvalue weighted by atomic mass is 32.2. The SMILES string of the molecule is CC(C)(C)OC(=O)N1CCc2nc(OS(=O)(=O)C(F)(F)F)ccc2C1. The molecule has 0 unspecified atom stereocenters. The van der Waals surface area contributed by atoms with E-state index < -0.39 is 33.2 Å². The average Bonchev–Trinajstić information content (AvgIpc) is 2.43. The van der Waals surface area contributed by atoms with Gasteiger partial charge >= 0.3 is 21.7 Å². The van der Waals surface area contributed by atoms with E-state index >= 15 is 0 Å². The standard InChI is InChI=1S/C14H17F3N2O5S/c1-13(2,3)23-12(20)19-7-6-10-9(8-19)4-5-11(18-10)24-25(21,22)14(15,16)17/h4-5H,6-8H2,1-3H3. The van der Waals surface area contributed by atoms with Crippen LogP contribution in [0, 0.1) is 0 Å². The summed E-state index contributed by atoms with van der Waals surface area (Å²) in [6.07, 6.45) is -0.282. The molecule has 0 N–H and O–H groups in total. The van der Waals surface area contributed by atoms with Crippen LogP contribution >= 0.6 is 0 Å². The molecule has 1 aromatic rings. The number of fused-ring (bicyclic) bond motifs is 1. The van der Waals surface area contributed by atoms with Crippen molar-refractivity contribution in [2.45, 2.75) is 44.8 Å². The van der Waals surface area contributed by atoms with Crippen LogP contribution in [-0.4, -0.2) is 42.0 Å². The molecule has 2 heterocycles. The lowest BCUT2D eigenvalue weighted by molar-refractivity contribution is -0.0501. The zero-order chi connectivity index (χ0) is 19.0. The molecule has 0 saturated carbocycles. The lowest BCUT2D eigenvalue weighted by Gasteiger charge is -2.30. The molecule has 1 aliphatic heterocycles. The van der Waals surface area contributed by atoms with E-state index in [1.807, 2.05) is 0 Å². The van der Waals surface area contributed by atoms with Gasteiger partial charge in [-0.25, -0.2) is 9.78 Å². The fraction of sp³-hybridized carbons (Fsp3) is 0.571. The van der Waals surface area contributed by atoms with Crippen LogP contribution in [0.1, 0.15) is 32.0 Å². The first-order valence-corrected chi connectivity index (χ1v) is 8.67. The summed E-state index contributed by atoms with van der Waals surface area (Å²) in [5.41, 5.74) is -5.24. The minimum absolute atomic E-state index is 0.156. The van der Waals surface area contributed by atoms with Crippen LogP contribution in [0.2, 0.25) is 0 Å². The molecule has 0 aliphatic carbocycles. The number of pyridine rings is 1. The lowest BCUT2D eigenvalue weighted by Crippen LogP contribution is -2.40. The minimum Gasteiger partial charge on any atom is -0.444 e. The molecule has 0 radical (unpaired) electrons. The molecule has 0 atom stereocenters. The summed E-state index contributed by atoms with van der Waals surface area (Å²) in [7, 11) is -5.77. The number of carbonyl (C=O) groups is 1. The summed E-state index contributed by atoms with van der Waals surface area (Å²) in [6.45, 7) is 5.59. The number of aromatic nitrogens is 1. The van der Waals surface area contributed by atoms with E-state index in [0.717, 1.165) is 6.07 Å². The van der Waals surface area contributed by atoms with Gasteiger partial charge in [0.05, 0.1) is 12.2 Å². The van der Waals surface area contributed by atoms with Crippen molar-refractivity contribution in [2.75, 3.05) is 6.54 Å². The third kappa shape index (κ3) is 4.74. The Kier molecular flexibility index (Phi) is 4.90. The summed E-state index contributed by atoms with van der Waals surface area (Å²) in [5, 5.41) is 0. The van der Waals surface area contributed by atoms with Crippen LogP contribution < -0.4 is 4.18 Å². The number of hydrogen-bond acceptors (Lipinski definition) is 6. The molecule has 11 heteroatoms. The Balaban J connectivity index is 2.13. The highest BCUT2D eigenvalue weighted by Gasteiger charge is 2.49. The van der Waals surface area contributed by atoms with Crippen molar-refractivity contribution >= 4 is 16.2 Å². The normalized spacial score (nSPS) is 15.5. The van der Waals surface area contributed by atoms with E-state index in [0.29, 0.717) is 11.3 Å². The van der Waals surface area contributed by atoms with Gasteiger partial charge in [-0.1, -0.05) is 6.07 Å². The number of alkyl halides is 3. The Hall–Kier alpha value is -2.04. The number of ether oxygens (including phenoxy) is 1. The van der Waals surface area contributed by atoms with Crippen LogP contribution in [0.3, 0.4) is 0 Å². The average molecular weight is 382 g/mol. The third-order valence-corrected chi connectivity index (χ3v) is 4.11. The lowest BCUT2D eigenvalue weighted by atomic mass is 10.1. The van der Waals surface area contributed by atoms with Crippen molar-refractivity contribution in [3.8, 4) is 5.88 Å². The second-order valence-electron chi connectivity index (χ2n) is 6.39. The summed E-state index contributed by atoms with van der Waals surface area (Å²) < 4.78 is 68.3. The summed E-state index contributed by atoms with van der Waals surface area (Å²) in [6, 6.07) is 2.39. The van der Waals surface area contributed by atoms with Crippen LogP contribution in [-0.2, 0) is 27.8 Å². The fourth-order valence-electron chi connectivity index (χ4n) is 2.08. The molecule has 1 amide bonds. The van der Waals surface area contributed by atoms with E-state index in [1.165, 1.54) is 11.0 Å². The largest absolute Gasteiger partial charge is 0.534 e. The van der Waals surface area contributed by atoms with E-state index in [2.05, 4.69) is 9.17 Å². The molecule has 1 aromatic heterocycles. The second kappa shape index (κ2) is 6.36. The van der Waals surface area contributed by atoms with E-state index in [-0.39, 0.29) is 19.5 Å². The van der Waals surface area contributed by atoms with Gasteiger partial charge in [-0.3, -0.25) is 0 Å². The van der Waals surface area contributed by atoms with Crippen LogP contribution in [0.15, 0.2) is 12.1 Å². The van der Waals surface area contributed by atoms with Crippen LogP contribution in [0.5, 0.6) is 5.88 Å². The van der Waals surface area contributed by atoms with Gasteiger partial charge in [0.2, 0.25) is 5.88 Å². The van der Waals surface area contributed by atoms with Crippen molar-refractivity contribution in [3.05, 3.63) is 23.4 Å². The first-order valence-electron chi connectivity index (χ1n) is 7.26. The molecular formula is C14H17F3N2O5S. The number of rotatable bonds is 2. The van der Waals surface area contributed by atoms with Gasteiger partial charge in [0.15, 0.2) is 0 Å². The minimum atomic E-state index is -5.77. The predicted octanol–water partition coefficient (Wildman–Crippen LogP) is 2.60. The fourth-order valence-corrected chi connectivity index (χ4v) is 2.50. The second-order valence-corrected chi connectivity index (χ2v) is 7.93. The van der Waals surface area contributed by atoms with Crippen molar-refractivity contribution < 1.29 is 35.3 Å². The highest BCUT2D eigenvalue weighted by Crippen LogP contribution is 2.28. The third-order valence-electron chi connectivity index (χ3n) is 3.15. The van der Waals surface area contributed by atoms with Crippen LogP contribution in [0.25, 0.3) is 0 Å². The van der Waals surface area contributed by atoms with E-state index in [1.54, 1.807) is 20.8 Å². The predicted molar refractivity (Wildman–Crippen MR) is 80.2 cm³/mol. The smallest absolute Gasteiger partial charge is 0.444 e. The van der Waals surface area contributed by atoms with Crippen molar-refractivity contribution in [1.82, 2.24) is 9.88 Å². The number of hydrogen-bond donors (Lipinski definition) is 0. The van der Waals surface area contributed by atoms with Crippen molar-refractivity contribution in [1.29, 1.82) is 0 Å². The molecule has 2 rings (SSSR count). The van der Waals surface area contributed by atoms with E-state index in [4.69, 9.17) is 4.74 Å². The molecule has 0 bridgehead atoms. The maximum absolute atomic E-state index is 12.3. The van der Waals surface area contributed by atoms with Gasteiger partial charge in [0.25, 0.3) is 0 Å². The summed E-state index contributed by atoms with van der Waals surface area (Å²) in [4.78, 5) is 17.3. The molecule has 25 heavy (non-hydrogen) atoms. The molecule has 7 nitrogen and oxygen atoms in total. The van der Waals surface area contributed by atoms with Crippen molar-refractivity contribution in [3.63, 3.8) is 0 Å². The maximum atomic E-state index is 12.3. The van der Waals surface area contributed by atoms with Crippen molar-refractivity contribution in [2.24, 2.45) is 0 Å². The first-order chi connectivity index (χ1) is 11.3. The topological polar surface area (TPSA) is 85.8 Å². The quantitative estimate of drug-likeness (QED) is 0.577. The molecule has 0 saturated heterocycles. The van der Waals surface area contributed by atoms with Gasteiger partial charge in [0, 0.05) is 19.0 Å². The molecule has 1 aliphatic rings. The van der Waals surface area contributed by atoms with Crippen LogP contribution in [0.4, 0.5) is 18.0 Å². The monoisotopic (exact) mass is 382 g/mol. The Morgan fingerprint density at radius 3 is 2.44 bits per heavy atom. The number of carbonyl (C=O) groups excluding carboxylic acids is 1. The number of nitrogens with zero attached hydrogens (tertiary/aromatic N) is 2. The Morgan fingerprint density at radius 2 is 1.88 bits per heavy atom. The zero-order valence-electron chi connectivity index (χ0n) is 13.8. The first kappa shape index (κ1) is 19.3. The molecular weight excluding hydrogens is 365 g/mol. The Bertz CT molecular complexity index is 772. The number of amides is 1. The molecule has 140 valence electrons. The zero-order valence-corrected chi connectivity index (χ0v) is 14.6. The van der Waals surface area contributed by atoms with E-state index in [9.17, 15) is 26.4 Å². The van der Waals surface area contributed by atoms with Gasteiger partial charge in [0.1, 0.15) is 5.60 Å². The Labute approximate surface area is 142 Å². The number of halogens is 3. The molecule has 0 aromatic carbocycles. The highest BCUT2D eigenvalue weighted by molar-refractivity contribution is 7.87. The summed E-state index contributed by atoms with van der Waals surface area (Å²) in [5.74, 6) is -0.665. The van der Waals surface area contributed by atoms with Gasteiger partial charge < -0.3 is 13.8 Å². The van der Waals surface area contributed by atoms with Gasteiger partial charge in [-0.05, 0) is 26.3 Å². The maximum Gasteiger partial charge on any atom is 0.534 e. The molecule has 0 fully saturated rings. The van der Waals surface area contributed by atoms with Gasteiger partial charge in [-0.2, -0.15) is 21.6 Å². The Morgan fingerprint density at radius 1 is 1.24 bits per heavy atom. The summed E-state index contributed by atoms with van der Waals surface area (Å²) >= 11 is 0.